The molecule has 2 aliphatic rings. The maximum Gasteiger partial charge on any atom is 0.330 e. The Labute approximate surface area is 178 Å². The van der Waals surface area contributed by atoms with Crippen molar-refractivity contribution in [3.63, 3.8) is 0 Å². The van der Waals surface area contributed by atoms with E-state index in [1.54, 1.807) is 6.92 Å². The fraction of sp³-hybridized carbons (Fsp3) is 0.750. The average Bonchev–Trinajstić information content (AvgIpc) is 2.59. The van der Waals surface area contributed by atoms with Crippen LogP contribution >= 0.6 is 0 Å². The summed E-state index contributed by atoms with van der Waals surface area (Å²) in [4.78, 5) is 24.0. The third kappa shape index (κ3) is 5.49. The lowest BCUT2D eigenvalue weighted by molar-refractivity contribution is -0.137. The second kappa shape index (κ2) is 9.30. The van der Waals surface area contributed by atoms with Gasteiger partial charge in [0.25, 0.3) is 0 Å². The highest BCUT2D eigenvalue weighted by Crippen LogP contribution is 2.49. The lowest BCUT2D eigenvalue weighted by atomic mass is 9.60. The van der Waals surface area contributed by atoms with Gasteiger partial charge in [0.15, 0.2) is 8.32 Å². The van der Waals surface area contributed by atoms with E-state index in [4.69, 9.17) is 9.16 Å². The van der Waals surface area contributed by atoms with Crippen LogP contribution in [0.4, 0.5) is 0 Å². The number of allylic oxidation sites excluding steroid dienone is 3. The fourth-order valence-corrected chi connectivity index (χ4v) is 6.03. The van der Waals surface area contributed by atoms with Crippen LogP contribution in [0.1, 0.15) is 54.4 Å². The summed E-state index contributed by atoms with van der Waals surface area (Å²) in [5.74, 6) is 0.724. The van der Waals surface area contributed by atoms with E-state index in [1.807, 2.05) is 6.08 Å². The number of carbonyl (C=O) groups is 2. The van der Waals surface area contributed by atoms with Crippen molar-refractivity contribution in [2.75, 3.05) is 6.61 Å². The summed E-state index contributed by atoms with van der Waals surface area (Å²) in [7, 11) is -1.93. The van der Waals surface area contributed by atoms with Crippen molar-refractivity contribution in [3.8, 4) is 0 Å². The first kappa shape index (κ1) is 24.1. The van der Waals surface area contributed by atoms with Gasteiger partial charge < -0.3 is 14.0 Å². The van der Waals surface area contributed by atoms with E-state index in [9.17, 15) is 9.59 Å². The van der Waals surface area contributed by atoms with Crippen molar-refractivity contribution in [1.29, 1.82) is 0 Å². The first-order chi connectivity index (χ1) is 13.4. The Morgan fingerprint density at radius 2 is 1.90 bits per heavy atom. The summed E-state index contributed by atoms with van der Waals surface area (Å²) < 4.78 is 11.9. The van der Waals surface area contributed by atoms with Crippen LogP contribution in [0.25, 0.3) is 0 Å². The van der Waals surface area contributed by atoms with E-state index < -0.39 is 8.32 Å². The molecule has 0 aliphatic heterocycles. The summed E-state index contributed by atoms with van der Waals surface area (Å²) >= 11 is 0. The zero-order chi connectivity index (χ0) is 22.0. The van der Waals surface area contributed by atoms with Gasteiger partial charge in [0.05, 0.1) is 6.61 Å². The Bertz CT molecular complexity index is 658. The van der Waals surface area contributed by atoms with Crippen LogP contribution < -0.4 is 0 Å². The van der Waals surface area contributed by atoms with Crippen LogP contribution in [-0.4, -0.2) is 33.3 Å². The molecular formula is C24H40O4Si. The Kier molecular flexibility index (Phi) is 7.72. The standard InChI is InChI=1S/C24H40O4Si/c1-9-27-22(26)11-10-18-14-19-12-16(2)13-21(23(19)20(15-25)17(18)3)28-29(7,8)24(4,5)6/h10-11,14-17,19-21,23H,9,12-13H2,1-8H3/b11-10+/t16-,17-,19+,20-,21-,23-/m0/s1. The molecule has 2 rings (SSSR count). The highest BCUT2D eigenvalue weighted by atomic mass is 28.4. The molecule has 6 atom stereocenters. The zero-order valence-electron chi connectivity index (χ0n) is 19.5. The molecule has 164 valence electrons. The number of fused-ring (bicyclic) bond motifs is 1. The molecule has 2 aliphatic carbocycles. The van der Waals surface area contributed by atoms with Crippen LogP contribution in [0.2, 0.25) is 18.1 Å². The number of hydrogen-bond donors (Lipinski definition) is 0. The van der Waals surface area contributed by atoms with Crippen molar-refractivity contribution in [1.82, 2.24) is 0 Å². The molecule has 0 saturated heterocycles. The second-order valence-electron chi connectivity index (χ2n) is 10.5. The van der Waals surface area contributed by atoms with E-state index in [2.05, 4.69) is 53.8 Å². The molecule has 29 heavy (non-hydrogen) atoms. The maximum absolute atomic E-state index is 12.2. The molecule has 0 N–H and O–H groups in total. The SMILES string of the molecule is CCOC(=O)/C=C/C1=C[C@H]2C[C@H](C)C[C@H](O[Si](C)(C)C(C)(C)C)[C@@H]2[C@@H](C=O)[C@H]1C. The van der Waals surface area contributed by atoms with Gasteiger partial charge in [0.1, 0.15) is 6.29 Å². The average molecular weight is 421 g/mol. The predicted molar refractivity (Wildman–Crippen MR) is 120 cm³/mol. The number of esters is 1. The van der Waals surface area contributed by atoms with Crippen molar-refractivity contribution >= 4 is 20.6 Å². The highest BCUT2D eigenvalue weighted by Gasteiger charge is 2.49. The van der Waals surface area contributed by atoms with Gasteiger partial charge in [0.2, 0.25) is 0 Å². The first-order valence-corrected chi connectivity index (χ1v) is 14.0. The monoisotopic (exact) mass is 420 g/mol. The maximum atomic E-state index is 12.2. The molecule has 0 unspecified atom stereocenters. The van der Waals surface area contributed by atoms with E-state index in [1.165, 1.54) is 6.08 Å². The molecule has 0 radical (unpaired) electrons. The number of carbonyl (C=O) groups excluding carboxylic acids is 2. The highest BCUT2D eigenvalue weighted by molar-refractivity contribution is 6.74. The minimum Gasteiger partial charge on any atom is -0.463 e. The largest absolute Gasteiger partial charge is 0.463 e. The van der Waals surface area contributed by atoms with E-state index in [0.717, 1.165) is 24.7 Å². The van der Waals surface area contributed by atoms with Gasteiger partial charge in [-0.25, -0.2) is 4.79 Å². The molecule has 0 aromatic carbocycles. The Morgan fingerprint density at radius 1 is 1.24 bits per heavy atom. The molecule has 5 heteroatoms. The summed E-state index contributed by atoms with van der Waals surface area (Å²) in [6, 6.07) is 0. The van der Waals surface area contributed by atoms with Crippen LogP contribution in [0.5, 0.6) is 0 Å². The molecule has 0 aromatic heterocycles. The minimum absolute atomic E-state index is 0.0679. The third-order valence-corrected chi connectivity index (χ3v) is 11.8. The molecule has 1 fully saturated rings. The van der Waals surface area contributed by atoms with Gasteiger partial charge >= 0.3 is 5.97 Å². The van der Waals surface area contributed by atoms with Crippen molar-refractivity contribution in [3.05, 3.63) is 23.8 Å². The van der Waals surface area contributed by atoms with Crippen LogP contribution in [0.3, 0.4) is 0 Å². The lowest BCUT2D eigenvalue weighted by Crippen LogP contribution is -2.52. The van der Waals surface area contributed by atoms with Gasteiger partial charge in [-0.15, -0.1) is 0 Å². The molecular weight excluding hydrogens is 380 g/mol. The normalized spacial score (nSPS) is 33.2. The van der Waals surface area contributed by atoms with Crippen LogP contribution in [-0.2, 0) is 18.8 Å². The smallest absolute Gasteiger partial charge is 0.330 e. The molecule has 0 heterocycles. The third-order valence-electron chi connectivity index (χ3n) is 7.29. The van der Waals surface area contributed by atoms with Crippen LogP contribution in [0, 0.1) is 29.6 Å². The van der Waals surface area contributed by atoms with Gasteiger partial charge in [-0.05, 0) is 61.2 Å². The number of ether oxygens (including phenoxy) is 1. The summed E-state index contributed by atoms with van der Waals surface area (Å²) in [6.45, 7) is 17.9. The van der Waals surface area contributed by atoms with Gasteiger partial charge in [-0.1, -0.05) is 46.8 Å². The zero-order valence-corrected chi connectivity index (χ0v) is 20.5. The van der Waals surface area contributed by atoms with Gasteiger partial charge in [-0.2, -0.15) is 0 Å². The summed E-state index contributed by atoms with van der Waals surface area (Å²) in [6.07, 6.45) is 8.97. The molecule has 0 aromatic rings. The van der Waals surface area contributed by atoms with E-state index >= 15 is 0 Å². The summed E-state index contributed by atoms with van der Waals surface area (Å²) in [5.41, 5.74) is 1.07. The molecule has 0 spiro atoms. The Hall–Kier alpha value is -1.20. The van der Waals surface area contributed by atoms with E-state index in [-0.39, 0.29) is 34.9 Å². The van der Waals surface area contributed by atoms with Crippen molar-refractivity contribution in [2.45, 2.75) is 78.6 Å². The predicted octanol–water partition coefficient (Wildman–Crippen LogP) is 5.55. The quantitative estimate of drug-likeness (QED) is 0.245. The number of aldehydes is 1. The second-order valence-corrected chi connectivity index (χ2v) is 15.2. The van der Waals surface area contributed by atoms with Crippen molar-refractivity contribution < 1.29 is 18.8 Å². The molecule has 1 saturated carbocycles. The molecule has 0 bridgehead atoms. The molecule has 4 nitrogen and oxygen atoms in total. The fourth-order valence-electron chi connectivity index (χ4n) is 4.67. The van der Waals surface area contributed by atoms with Gasteiger partial charge in [0, 0.05) is 24.0 Å². The first-order valence-electron chi connectivity index (χ1n) is 11.1. The summed E-state index contributed by atoms with van der Waals surface area (Å²) in [5, 5.41) is 0.142. The Morgan fingerprint density at radius 3 is 2.45 bits per heavy atom. The molecule has 0 amide bonds. The number of rotatable bonds is 6. The number of hydrogen-bond acceptors (Lipinski definition) is 4. The topological polar surface area (TPSA) is 52.6 Å². The lowest BCUT2D eigenvalue weighted by Gasteiger charge is -2.50. The Balaban J connectivity index is 2.34. The van der Waals surface area contributed by atoms with Gasteiger partial charge in [-0.3, -0.25) is 0 Å². The van der Waals surface area contributed by atoms with Crippen LogP contribution in [0.15, 0.2) is 23.8 Å². The van der Waals surface area contributed by atoms with E-state index in [0.29, 0.717) is 18.4 Å². The minimum atomic E-state index is -1.93. The van der Waals surface area contributed by atoms with Crippen molar-refractivity contribution in [2.24, 2.45) is 29.6 Å².